The van der Waals surface area contributed by atoms with Gasteiger partial charge in [-0.15, -0.1) is 0 Å². The van der Waals surface area contributed by atoms with Crippen LogP contribution in [-0.2, 0) is 16.1 Å². The van der Waals surface area contributed by atoms with Crippen LogP contribution in [0.4, 0.5) is 0 Å². The molecule has 4 heteroatoms. The summed E-state index contributed by atoms with van der Waals surface area (Å²) in [5.74, 6) is -0.381. The average molecular weight is 257 g/mol. The lowest BCUT2D eigenvalue weighted by Gasteiger charge is -2.08. The Morgan fingerprint density at radius 1 is 1.26 bits per heavy atom. The van der Waals surface area contributed by atoms with Gasteiger partial charge in [-0.05, 0) is 24.4 Å². The number of aromatic nitrogens is 1. The number of carbonyl (C=O) groups is 1. The summed E-state index contributed by atoms with van der Waals surface area (Å²) in [6.45, 7) is 2.02. The van der Waals surface area contributed by atoms with E-state index in [4.69, 9.17) is 0 Å². The minimum absolute atomic E-state index is 0.0902. The second kappa shape index (κ2) is 5.52. The molecule has 0 amide bonds. The topological polar surface area (TPSA) is 48.3 Å². The molecule has 0 fully saturated rings. The summed E-state index contributed by atoms with van der Waals surface area (Å²) >= 11 is 0. The molecule has 2 aromatic rings. The van der Waals surface area contributed by atoms with E-state index in [1.807, 2.05) is 24.3 Å². The molecule has 0 saturated heterocycles. The molecule has 0 bridgehead atoms. The lowest BCUT2D eigenvalue weighted by Crippen LogP contribution is -2.19. The number of nitrogens with zero attached hydrogens (tertiary/aromatic N) is 1. The third-order valence-electron chi connectivity index (χ3n) is 2.99. The zero-order valence-corrected chi connectivity index (χ0v) is 10.9. The van der Waals surface area contributed by atoms with E-state index in [-0.39, 0.29) is 11.5 Å². The van der Waals surface area contributed by atoms with Crippen LogP contribution in [0.15, 0.2) is 52.8 Å². The van der Waals surface area contributed by atoms with Gasteiger partial charge in [0.25, 0.3) is 5.56 Å². The van der Waals surface area contributed by atoms with E-state index in [9.17, 15) is 9.59 Å². The Morgan fingerprint density at radius 3 is 2.74 bits per heavy atom. The van der Waals surface area contributed by atoms with Gasteiger partial charge in [0.05, 0.1) is 12.6 Å². The van der Waals surface area contributed by atoms with Crippen LogP contribution >= 0.6 is 0 Å². The summed E-state index contributed by atoms with van der Waals surface area (Å²) in [6.07, 6.45) is 1.69. The maximum Gasteiger partial charge on any atom is 0.333 e. The number of rotatable bonds is 3. The molecule has 0 aliphatic heterocycles. The number of pyridine rings is 1. The molecule has 1 aromatic heterocycles. The number of allylic oxidation sites excluding steroid dienone is 1. The summed E-state index contributed by atoms with van der Waals surface area (Å²) in [7, 11) is 1.34. The van der Waals surface area contributed by atoms with Crippen molar-refractivity contribution in [2.45, 2.75) is 13.5 Å². The van der Waals surface area contributed by atoms with Gasteiger partial charge in [-0.1, -0.05) is 24.3 Å². The minimum Gasteiger partial charge on any atom is -0.466 e. The van der Waals surface area contributed by atoms with Crippen molar-refractivity contribution in [2.24, 2.45) is 0 Å². The van der Waals surface area contributed by atoms with Crippen molar-refractivity contribution in [1.29, 1.82) is 0 Å². The smallest absolute Gasteiger partial charge is 0.333 e. The molecule has 0 radical (unpaired) electrons. The normalized spacial score (nSPS) is 11.6. The Hall–Kier alpha value is -2.36. The van der Waals surface area contributed by atoms with Gasteiger partial charge in [-0.2, -0.15) is 0 Å². The predicted molar refractivity (Wildman–Crippen MR) is 74.0 cm³/mol. The van der Waals surface area contributed by atoms with Crippen molar-refractivity contribution in [3.05, 3.63) is 58.4 Å². The number of methoxy groups -OCH3 is 1. The van der Waals surface area contributed by atoms with Gasteiger partial charge in [0.1, 0.15) is 0 Å². The Labute approximate surface area is 110 Å². The van der Waals surface area contributed by atoms with Crippen molar-refractivity contribution in [2.75, 3.05) is 7.11 Å². The van der Waals surface area contributed by atoms with Crippen LogP contribution in [0.1, 0.15) is 6.92 Å². The highest BCUT2D eigenvalue weighted by Crippen LogP contribution is 2.11. The van der Waals surface area contributed by atoms with Crippen molar-refractivity contribution in [1.82, 2.24) is 4.57 Å². The third kappa shape index (κ3) is 2.73. The van der Waals surface area contributed by atoms with Crippen molar-refractivity contribution in [3.63, 3.8) is 0 Å². The summed E-state index contributed by atoms with van der Waals surface area (Å²) in [5, 5.41) is 0.992. The van der Waals surface area contributed by atoms with Crippen LogP contribution in [-0.4, -0.2) is 17.6 Å². The lowest BCUT2D eigenvalue weighted by molar-refractivity contribution is -0.136. The number of esters is 1. The van der Waals surface area contributed by atoms with Gasteiger partial charge in [0, 0.05) is 18.2 Å². The maximum absolute atomic E-state index is 11.9. The molecule has 4 nitrogen and oxygen atoms in total. The number of benzene rings is 1. The van der Waals surface area contributed by atoms with Gasteiger partial charge >= 0.3 is 5.97 Å². The molecule has 19 heavy (non-hydrogen) atoms. The van der Waals surface area contributed by atoms with Crippen LogP contribution in [0, 0.1) is 0 Å². The standard InChI is InChI=1S/C15H15NO3/c1-11(15(18)19-2)9-10-16-13-6-4-3-5-12(13)7-8-14(16)17/h3-9H,10H2,1-2H3. The fraction of sp³-hybridized carbons (Fsp3) is 0.200. The van der Waals surface area contributed by atoms with Gasteiger partial charge in [-0.25, -0.2) is 4.79 Å². The number of ether oxygens (including phenoxy) is 1. The number of carbonyl (C=O) groups excluding carboxylic acids is 1. The highest BCUT2D eigenvalue weighted by molar-refractivity contribution is 5.87. The average Bonchev–Trinajstić information content (AvgIpc) is 2.45. The Morgan fingerprint density at radius 2 is 2.00 bits per heavy atom. The first kappa shape index (κ1) is 13.1. The summed E-state index contributed by atoms with van der Waals surface area (Å²) in [6, 6.07) is 11.0. The van der Waals surface area contributed by atoms with Crippen LogP contribution in [0.3, 0.4) is 0 Å². The van der Waals surface area contributed by atoms with Crippen LogP contribution in [0.2, 0.25) is 0 Å². The highest BCUT2D eigenvalue weighted by Gasteiger charge is 2.04. The van der Waals surface area contributed by atoms with E-state index in [0.29, 0.717) is 12.1 Å². The summed E-state index contributed by atoms with van der Waals surface area (Å²) < 4.78 is 6.25. The molecule has 0 aliphatic rings. The molecule has 0 unspecified atom stereocenters. The largest absolute Gasteiger partial charge is 0.466 e. The van der Waals surface area contributed by atoms with Gasteiger partial charge in [-0.3, -0.25) is 4.79 Å². The minimum atomic E-state index is -0.381. The fourth-order valence-corrected chi connectivity index (χ4v) is 1.90. The molecular formula is C15H15NO3. The van der Waals surface area contributed by atoms with Crippen LogP contribution in [0.25, 0.3) is 10.9 Å². The quantitative estimate of drug-likeness (QED) is 0.625. The SMILES string of the molecule is COC(=O)C(C)=CCn1c(=O)ccc2ccccc21. The highest BCUT2D eigenvalue weighted by atomic mass is 16.5. The van der Waals surface area contributed by atoms with Crippen molar-refractivity contribution >= 4 is 16.9 Å². The fourth-order valence-electron chi connectivity index (χ4n) is 1.90. The first-order valence-electron chi connectivity index (χ1n) is 5.97. The van der Waals surface area contributed by atoms with E-state index in [2.05, 4.69) is 4.74 Å². The third-order valence-corrected chi connectivity index (χ3v) is 2.99. The van der Waals surface area contributed by atoms with Crippen molar-refractivity contribution < 1.29 is 9.53 Å². The zero-order valence-electron chi connectivity index (χ0n) is 10.9. The zero-order chi connectivity index (χ0) is 13.8. The van der Waals surface area contributed by atoms with E-state index in [1.165, 1.54) is 13.2 Å². The number of hydrogen-bond donors (Lipinski definition) is 0. The molecule has 2 rings (SSSR count). The lowest BCUT2D eigenvalue weighted by atomic mass is 10.2. The molecule has 0 atom stereocenters. The number of fused-ring (bicyclic) bond motifs is 1. The first-order valence-corrected chi connectivity index (χ1v) is 5.97. The van der Waals surface area contributed by atoms with Gasteiger partial charge in [0.2, 0.25) is 0 Å². The van der Waals surface area contributed by atoms with Gasteiger partial charge < -0.3 is 9.30 Å². The number of hydrogen-bond acceptors (Lipinski definition) is 3. The van der Waals surface area contributed by atoms with Crippen molar-refractivity contribution in [3.8, 4) is 0 Å². The van der Waals surface area contributed by atoms with Crippen LogP contribution in [0.5, 0.6) is 0 Å². The van der Waals surface area contributed by atoms with E-state index < -0.39 is 0 Å². The molecule has 0 N–H and O–H groups in total. The second-order valence-electron chi connectivity index (χ2n) is 4.22. The monoisotopic (exact) mass is 257 g/mol. The summed E-state index contributed by atoms with van der Waals surface area (Å²) in [4.78, 5) is 23.2. The summed E-state index contributed by atoms with van der Waals surface area (Å²) in [5.41, 5.74) is 1.25. The molecule has 98 valence electrons. The Bertz CT molecular complexity index is 698. The Kier molecular flexibility index (Phi) is 3.80. The maximum atomic E-state index is 11.9. The molecule has 0 saturated carbocycles. The Balaban J connectivity index is 2.43. The molecule has 1 aromatic carbocycles. The molecular weight excluding hydrogens is 242 g/mol. The molecule has 0 spiro atoms. The van der Waals surface area contributed by atoms with E-state index in [1.54, 1.807) is 23.6 Å². The van der Waals surface area contributed by atoms with Gasteiger partial charge in [0.15, 0.2) is 0 Å². The van der Waals surface area contributed by atoms with E-state index >= 15 is 0 Å². The molecule has 0 aliphatic carbocycles. The van der Waals surface area contributed by atoms with Crippen LogP contribution < -0.4 is 5.56 Å². The van der Waals surface area contributed by atoms with E-state index in [0.717, 1.165) is 10.9 Å². The predicted octanol–water partition coefficient (Wildman–Crippen LogP) is 2.12. The first-order chi connectivity index (χ1) is 9.13. The second-order valence-corrected chi connectivity index (χ2v) is 4.22. The molecule has 1 heterocycles. The number of para-hydroxylation sites is 1.